The number of hydrogen-bond acceptors (Lipinski definition) is 2. The van der Waals surface area contributed by atoms with Crippen molar-refractivity contribution in [3.63, 3.8) is 0 Å². The van der Waals surface area contributed by atoms with Gasteiger partial charge in [-0.2, -0.15) is 0 Å². The number of hydrogen-bond donors (Lipinski definition) is 1. The maximum atomic E-state index is 6.38. The molecule has 1 aliphatic rings. The maximum absolute atomic E-state index is 6.38. The molecule has 0 spiro atoms. The van der Waals surface area contributed by atoms with Gasteiger partial charge < -0.3 is 9.73 Å². The summed E-state index contributed by atoms with van der Waals surface area (Å²) in [5.41, 5.74) is 0.945. The van der Waals surface area contributed by atoms with Crippen LogP contribution in [0.25, 0.3) is 21.7 Å². The molecule has 0 amide bonds. The SMILES string of the molecule is CNC(c1cc2cc(Cl)c3ccccc3c2o1)C1CC1. The van der Waals surface area contributed by atoms with Gasteiger partial charge in [-0.15, -0.1) is 0 Å². The zero-order valence-electron chi connectivity index (χ0n) is 11.3. The van der Waals surface area contributed by atoms with E-state index in [9.17, 15) is 0 Å². The van der Waals surface area contributed by atoms with Crippen molar-refractivity contribution < 1.29 is 4.42 Å². The minimum Gasteiger partial charge on any atom is -0.459 e. The van der Waals surface area contributed by atoms with Gasteiger partial charge in [-0.25, -0.2) is 0 Å². The van der Waals surface area contributed by atoms with E-state index in [0.717, 1.165) is 32.5 Å². The van der Waals surface area contributed by atoms with E-state index in [2.05, 4.69) is 17.4 Å². The van der Waals surface area contributed by atoms with Crippen LogP contribution in [0.1, 0.15) is 24.6 Å². The van der Waals surface area contributed by atoms with Crippen molar-refractivity contribution in [2.75, 3.05) is 7.05 Å². The zero-order valence-corrected chi connectivity index (χ0v) is 12.1. The van der Waals surface area contributed by atoms with Crippen molar-refractivity contribution in [1.82, 2.24) is 5.32 Å². The van der Waals surface area contributed by atoms with Crippen LogP contribution in [0.2, 0.25) is 5.02 Å². The van der Waals surface area contributed by atoms with Crippen molar-refractivity contribution in [2.24, 2.45) is 5.92 Å². The van der Waals surface area contributed by atoms with Crippen LogP contribution in [0.15, 0.2) is 40.8 Å². The molecule has 1 heterocycles. The van der Waals surface area contributed by atoms with Crippen LogP contribution in [0, 0.1) is 5.92 Å². The molecule has 3 aromatic rings. The van der Waals surface area contributed by atoms with Gasteiger partial charge >= 0.3 is 0 Å². The molecule has 102 valence electrons. The fourth-order valence-electron chi connectivity index (χ4n) is 3.04. The van der Waals surface area contributed by atoms with Gasteiger partial charge in [0.1, 0.15) is 11.3 Å². The van der Waals surface area contributed by atoms with Gasteiger partial charge in [-0.05, 0) is 37.9 Å². The quantitative estimate of drug-likeness (QED) is 0.740. The number of benzene rings is 2. The Morgan fingerprint density at radius 2 is 1.95 bits per heavy atom. The molecule has 1 aromatic heterocycles. The van der Waals surface area contributed by atoms with E-state index in [1.165, 1.54) is 12.8 Å². The molecule has 3 heteroatoms. The Labute approximate surface area is 122 Å². The van der Waals surface area contributed by atoms with Crippen LogP contribution in [0.5, 0.6) is 0 Å². The standard InChI is InChI=1S/C17H16ClNO/c1-19-16(10-6-7-10)15-9-11-8-14(18)12-4-2-3-5-13(12)17(11)20-15/h2-5,8-10,16,19H,6-7H2,1H3. The Morgan fingerprint density at radius 3 is 2.65 bits per heavy atom. The number of rotatable bonds is 3. The predicted molar refractivity (Wildman–Crippen MR) is 83.3 cm³/mol. The van der Waals surface area contributed by atoms with E-state index in [1.54, 1.807) is 0 Å². The molecule has 1 aliphatic carbocycles. The molecular formula is C17H16ClNO. The van der Waals surface area contributed by atoms with Crippen LogP contribution in [-0.4, -0.2) is 7.05 Å². The van der Waals surface area contributed by atoms with Gasteiger partial charge in [0.25, 0.3) is 0 Å². The summed E-state index contributed by atoms with van der Waals surface area (Å²) in [6.07, 6.45) is 2.56. The lowest BCUT2D eigenvalue weighted by molar-refractivity contribution is 0.420. The van der Waals surface area contributed by atoms with E-state index in [4.69, 9.17) is 16.0 Å². The number of nitrogens with one attached hydrogen (secondary N) is 1. The van der Waals surface area contributed by atoms with Crippen LogP contribution < -0.4 is 5.32 Å². The second kappa shape index (κ2) is 4.51. The smallest absolute Gasteiger partial charge is 0.142 e. The highest BCUT2D eigenvalue weighted by Crippen LogP contribution is 2.43. The molecule has 1 fully saturated rings. The normalized spacial score (nSPS) is 16.9. The largest absolute Gasteiger partial charge is 0.459 e. The third kappa shape index (κ3) is 1.83. The highest BCUT2D eigenvalue weighted by molar-refractivity contribution is 6.37. The average Bonchev–Trinajstić information content (AvgIpc) is 3.20. The monoisotopic (exact) mass is 285 g/mol. The van der Waals surface area contributed by atoms with Crippen molar-refractivity contribution in [3.05, 3.63) is 47.2 Å². The van der Waals surface area contributed by atoms with Gasteiger partial charge in [-0.3, -0.25) is 0 Å². The van der Waals surface area contributed by atoms with E-state index < -0.39 is 0 Å². The van der Waals surface area contributed by atoms with Crippen molar-refractivity contribution >= 4 is 33.3 Å². The van der Waals surface area contributed by atoms with Crippen LogP contribution in [0.3, 0.4) is 0 Å². The molecule has 2 aromatic carbocycles. The summed E-state index contributed by atoms with van der Waals surface area (Å²) in [7, 11) is 2.00. The number of furan rings is 1. The highest BCUT2D eigenvalue weighted by atomic mass is 35.5. The number of halogens is 1. The van der Waals surface area contributed by atoms with E-state index in [1.807, 2.05) is 31.3 Å². The Bertz CT molecular complexity index is 788. The Hall–Kier alpha value is -1.51. The first-order valence-electron chi connectivity index (χ1n) is 7.06. The minimum absolute atomic E-state index is 0.319. The number of fused-ring (bicyclic) bond motifs is 3. The molecule has 1 saturated carbocycles. The van der Waals surface area contributed by atoms with Crippen molar-refractivity contribution in [3.8, 4) is 0 Å². The molecule has 4 rings (SSSR count). The Balaban J connectivity index is 1.96. The molecule has 20 heavy (non-hydrogen) atoms. The molecule has 1 N–H and O–H groups in total. The first-order valence-corrected chi connectivity index (χ1v) is 7.43. The molecule has 0 saturated heterocycles. The summed E-state index contributed by atoms with van der Waals surface area (Å²) in [6.45, 7) is 0. The summed E-state index contributed by atoms with van der Waals surface area (Å²) in [5, 5.41) is 7.39. The predicted octanol–water partition coefficient (Wildman–Crippen LogP) is 4.91. The summed E-state index contributed by atoms with van der Waals surface area (Å²) in [6, 6.07) is 12.6. The summed E-state index contributed by atoms with van der Waals surface area (Å²) < 4.78 is 6.17. The third-order valence-electron chi connectivity index (χ3n) is 4.20. The molecule has 0 bridgehead atoms. The summed E-state index contributed by atoms with van der Waals surface area (Å²) in [4.78, 5) is 0. The van der Waals surface area contributed by atoms with E-state index >= 15 is 0 Å². The highest BCUT2D eigenvalue weighted by Gasteiger charge is 2.33. The molecule has 0 radical (unpaired) electrons. The lowest BCUT2D eigenvalue weighted by Gasteiger charge is -2.11. The molecule has 1 atom stereocenters. The first-order chi connectivity index (χ1) is 9.78. The second-order valence-electron chi connectivity index (χ2n) is 5.57. The van der Waals surface area contributed by atoms with Crippen molar-refractivity contribution in [2.45, 2.75) is 18.9 Å². The lowest BCUT2D eigenvalue weighted by atomic mass is 10.1. The van der Waals surface area contributed by atoms with E-state index in [0.29, 0.717) is 12.0 Å². The van der Waals surface area contributed by atoms with Crippen LogP contribution in [-0.2, 0) is 0 Å². The molecule has 1 unspecified atom stereocenters. The molecular weight excluding hydrogens is 270 g/mol. The van der Waals surface area contributed by atoms with Crippen molar-refractivity contribution in [1.29, 1.82) is 0 Å². The fraction of sp³-hybridized carbons (Fsp3) is 0.294. The fourth-order valence-corrected chi connectivity index (χ4v) is 3.32. The van der Waals surface area contributed by atoms with Crippen LogP contribution in [0.4, 0.5) is 0 Å². The summed E-state index contributed by atoms with van der Waals surface area (Å²) in [5.74, 6) is 1.74. The third-order valence-corrected chi connectivity index (χ3v) is 4.51. The van der Waals surface area contributed by atoms with Gasteiger partial charge in [0.15, 0.2) is 0 Å². The topological polar surface area (TPSA) is 25.2 Å². The van der Waals surface area contributed by atoms with Gasteiger partial charge in [0, 0.05) is 21.2 Å². The molecule has 2 nitrogen and oxygen atoms in total. The van der Waals surface area contributed by atoms with Gasteiger partial charge in [0.05, 0.1) is 6.04 Å². The van der Waals surface area contributed by atoms with E-state index in [-0.39, 0.29) is 0 Å². The van der Waals surface area contributed by atoms with Gasteiger partial charge in [0.2, 0.25) is 0 Å². The first kappa shape index (κ1) is 12.2. The second-order valence-corrected chi connectivity index (χ2v) is 5.98. The van der Waals surface area contributed by atoms with Crippen LogP contribution >= 0.6 is 11.6 Å². The minimum atomic E-state index is 0.319. The Morgan fingerprint density at radius 1 is 1.20 bits per heavy atom. The molecule has 0 aliphatic heterocycles. The average molecular weight is 286 g/mol. The summed E-state index contributed by atoms with van der Waals surface area (Å²) >= 11 is 6.38. The lowest BCUT2D eigenvalue weighted by Crippen LogP contribution is -2.17. The zero-order chi connectivity index (χ0) is 13.7. The van der Waals surface area contributed by atoms with Gasteiger partial charge in [-0.1, -0.05) is 35.9 Å². The maximum Gasteiger partial charge on any atom is 0.142 e. The Kier molecular flexibility index (Phi) is 2.76.